The first-order valence-electron chi connectivity index (χ1n) is 5.46. The number of aliphatic hydroxyl groups is 3. The number of hydrogen-bond donors (Lipinski definition) is 4. The van der Waals surface area contributed by atoms with Crippen LogP contribution in [0.4, 0.5) is 0 Å². The summed E-state index contributed by atoms with van der Waals surface area (Å²) in [5.41, 5.74) is 0. The first-order valence-corrected chi connectivity index (χ1v) is 5.46. The SMILES string of the molecule is C[C@@H]1O[C@H](OCCCC(=O)O)[C@@H](O)[C@H](O)[C@@H]1O. The third kappa shape index (κ3) is 3.90. The van der Waals surface area contributed by atoms with E-state index >= 15 is 0 Å². The van der Waals surface area contributed by atoms with Gasteiger partial charge in [-0.3, -0.25) is 4.79 Å². The van der Waals surface area contributed by atoms with Crippen molar-refractivity contribution in [3.8, 4) is 0 Å². The Morgan fingerprint density at radius 3 is 2.47 bits per heavy atom. The number of carboxylic acid groups (broad SMARTS) is 1. The number of hydrogen-bond acceptors (Lipinski definition) is 6. The van der Waals surface area contributed by atoms with Gasteiger partial charge < -0.3 is 29.9 Å². The van der Waals surface area contributed by atoms with Crippen LogP contribution in [0.3, 0.4) is 0 Å². The summed E-state index contributed by atoms with van der Waals surface area (Å²) in [6.07, 6.45) is -5.29. The predicted molar refractivity (Wildman–Crippen MR) is 55.2 cm³/mol. The molecule has 0 spiro atoms. The average molecular weight is 250 g/mol. The topological polar surface area (TPSA) is 116 Å². The largest absolute Gasteiger partial charge is 0.481 e. The highest BCUT2D eigenvalue weighted by Crippen LogP contribution is 2.21. The maximum absolute atomic E-state index is 10.3. The van der Waals surface area contributed by atoms with Gasteiger partial charge in [-0.1, -0.05) is 0 Å². The third-order valence-corrected chi connectivity index (χ3v) is 2.63. The maximum Gasteiger partial charge on any atom is 0.303 e. The first kappa shape index (κ1) is 14.3. The molecule has 1 aliphatic rings. The highest BCUT2D eigenvalue weighted by Gasteiger charge is 2.42. The number of ether oxygens (including phenoxy) is 2. The molecule has 0 unspecified atom stereocenters. The zero-order chi connectivity index (χ0) is 13.0. The minimum atomic E-state index is -1.34. The number of aliphatic hydroxyl groups excluding tert-OH is 3. The van der Waals surface area contributed by atoms with Crippen molar-refractivity contribution in [2.24, 2.45) is 0 Å². The lowest BCUT2D eigenvalue weighted by molar-refractivity contribution is -0.293. The van der Waals surface area contributed by atoms with Crippen molar-refractivity contribution in [2.75, 3.05) is 6.61 Å². The molecule has 1 heterocycles. The van der Waals surface area contributed by atoms with Crippen LogP contribution in [0.15, 0.2) is 0 Å². The summed E-state index contributed by atoms with van der Waals surface area (Å²) in [5, 5.41) is 36.9. The molecule has 100 valence electrons. The molecule has 0 amide bonds. The second kappa shape index (κ2) is 6.27. The second-order valence-corrected chi connectivity index (χ2v) is 4.05. The molecule has 0 aromatic carbocycles. The lowest BCUT2D eigenvalue weighted by atomic mass is 10.0. The highest BCUT2D eigenvalue weighted by molar-refractivity contribution is 5.66. The number of rotatable bonds is 5. The van der Waals surface area contributed by atoms with Crippen molar-refractivity contribution in [1.29, 1.82) is 0 Å². The van der Waals surface area contributed by atoms with E-state index in [0.717, 1.165) is 0 Å². The molecule has 0 bridgehead atoms. The molecule has 4 N–H and O–H groups in total. The minimum absolute atomic E-state index is 0.0381. The Labute approximate surface area is 98.6 Å². The molecule has 0 radical (unpaired) electrons. The van der Waals surface area contributed by atoms with E-state index in [0.29, 0.717) is 0 Å². The predicted octanol–water partition coefficient (Wildman–Crippen LogP) is -1.30. The van der Waals surface area contributed by atoms with Crippen LogP contribution < -0.4 is 0 Å². The zero-order valence-corrected chi connectivity index (χ0v) is 9.52. The summed E-state index contributed by atoms with van der Waals surface area (Å²) < 4.78 is 10.3. The lowest BCUT2D eigenvalue weighted by Crippen LogP contribution is -2.57. The van der Waals surface area contributed by atoms with Gasteiger partial charge >= 0.3 is 5.97 Å². The van der Waals surface area contributed by atoms with Gasteiger partial charge in [-0.15, -0.1) is 0 Å². The van der Waals surface area contributed by atoms with E-state index in [-0.39, 0.29) is 19.4 Å². The summed E-state index contributed by atoms with van der Waals surface area (Å²) in [7, 11) is 0. The summed E-state index contributed by atoms with van der Waals surface area (Å²) in [4.78, 5) is 10.3. The molecular formula is C10H18O7. The molecule has 0 saturated carbocycles. The molecule has 1 saturated heterocycles. The molecule has 17 heavy (non-hydrogen) atoms. The molecule has 7 heteroatoms. The van der Waals surface area contributed by atoms with Crippen molar-refractivity contribution in [3.05, 3.63) is 0 Å². The summed E-state index contributed by atoms with van der Waals surface area (Å²) in [5.74, 6) is -0.928. The molecule has 7 nitrogen and oxygen atoms in total. The van der Waals surface area contributed by atoms with Crippen molar-refractivity contribution in [1.82, 2.24) is 0 Å². The molecule has 5 atom stereocenters. The Balaban J connectivity index is 2.35. The van der Waals surface area contributed by atoms with E-state index in [1.165, 1.54) is 0 Å². The van der Waals surface area contributed by atoms with Gasteiger partial charge in [0.25, 0.3) is 0 Å². The van der Waals surface area contributed by atoms with Gasteiger partial charge in [-0.2, -0.15) is 0 Å². The standard InChI is InChI=1S/C10H18O7/c1-5-7(13)8(14)9(15)10(17-5)16-4-2-3-6(11)12/h5,7-10,13-15H,2-4H2,1H3,(H,11,12)/t5-,7+,8+,9-,10-/m0/s1. The lowest BCUT2D eigenvalue weighted by Gasteiger charge is -2.38. The van der Waals surface area contributed by atoms with Gasteiger partial charge in [-0.05, 0) is 13.3 Å². The van der Waals surface area contributed by atoms with E-state index < -0.39 is 36.7 Å². The van der Waals surface area contributed by atoms with Crippen LogP contribution in [-0.2, 0) is 14.3 Å². The second-order valence-electron chi connectivity index (χ2n) is 4.05. The Bertz CT molecular complexity index is 257. The van der Waals surface area contributed by atoms with Crippen molar-refractivity contribution < 1.29 is 34.7 Å². The minimum Gasteiger partial charge on any atom is -0.481 e. The summed E-state index contributed by atoms with van der Waals surface area (Å²) in [6.45, 7) is 1.65. The molecule has 0 aromatic rings. The maximum atomic E-state index is 10.3. The van der Waals surface area contributed by atoms with Crippen LogP contribution in [0, 0.1) is 0 Å². The van der Waals surface area contributed by atoms with Gasteiger partial charge in [-0.25, -0.2) is 0 Å². The molecule has 1 fully saturated rings. The van der Waals surface area contributed by atoms with Crippen LogP contribution in [0.2, 0.25) is 0 Å². The summed E-state index contributed by atoms with van der Waals surface area (Å²) in [6, 6.07) is 0. The van der Waals surface area contributed by atoms with Gasteiger partial charge in [0.15, 0.2) is 6.29 Å². The van der Waals surface area contributed by atoms with Gasteiger partial charge in [0.1, 0.15) is 18.3 Å². The molecule has 0 aromatic heterocycles. The van der Waals surface area contributed by atoms with Gasteiger partial charge in [0, 0.05) is 6.42 Å². The normalized spacial score (nSPS) is 38.0. The van der Waals surface area contributed by atoms with E-state index in [1.54, 1.807) is 6.92 Å². The van der Waals surface area contributed by atoms with Crippen molar-refractivity contribution in [2.45, 2.75) is 50.5 Å². The average Bonchev–Trinajstić information content (AvgIpc) is 2.27. The zero-order valence-electron chi connectivity index (χ0n) is 9.52. The Morgan fingerprint density at radius 2 is 1.88 bits per heavy atom. The van der Waals surface area contributed by atoms with Crippen LogP contribution in [-0.4, -0.2) is 63.7 Å². The van der Waals surface area contributed by atoms with Gasteiger partial charge in [0.05, 0.1) is 12.7 Å². The summed E-state index contributed by atoms with van der Waals surface area (Å²) >= 11 is 0. The molecule has 0 aliphatic carbocycles. The van der Waals surface area contributed by atoms with Crippen LogP contribution in [0.5, 0.6) is 0 Å². The fourth-order valence-electron chi connectivity index (χ4n) is 1.57. The Hall–Kier alpha value is -0.730. The fraction of sp³-hybridized carbons (Fsp3) is 0.900. The highest BCUT2D eigenvalue weighted by atomic mass is 16.7. The van der Waals surface area contributed by atoms with E-state index in [2.05, 4.69) is 0 Å². The van der Waals surface area contributed by atoms with Gasteiger partial charge in [0.2, 0.25) is 0 Å². The Kier molecular flexibility index (Phi) is 5.29. The van der Waals surface area contributed by atoms with E-state index in [9.17, 15) is 20.1 Å². The van der Waals surface area contributed by atoms with E-state index in [1.807, 2.05) is 0 Å². The van der Waals surface area contributed by atoms with Crippen LogP contribution in [0.25, 0.3) is 0 Å². The van der Waals surface area contributed by atoms with Crippen LogP contribution in [0.1, 0.15) is 19.8 Å². The van der Waals surface area contributed by atoms with Crippen LogP contribution >= 0.6 is 0 Å². The number of aliphatic carboxylic acids is 1. The van der Waals surface area contributed by atoms with Crippen molar-refractivity contribution in [3.63, 3.8) is 0 Å². The first-order chi connectivity index (χ1) is 7.93. The monoisotopic (exact) mass is 250 g/mol. The molecule has 1 aliphatic heterocycles. The molecular weight excluding hydrogens is 232 g/mol. The number of carboxylic acids is 1. The molecule has 1 rings (SSSR count). The van der Waals surface area contributed by atoms with E-state index in [4.69, 9.17) is 14.6 Å². The van der Waals surface area contributed by atoms with Crippen molar-refractivity contribution >= 4 is 5.97 Å². The number of carbonyl (C=O) groups is 1. The quantitative estimate of drug-likeness (QED) is 0.448. The fourth-order valence-corrected chi connectivity index (χ4v) is 1.57. The smallest absolute Gasteiger partial charge is 0.303 e. The third-order valence-electron chi connectivity index (χ3n) is 2.63. The Morgan fingerprint density at radius 1 is 1.24 bits per heavy atom.